The Balaban J connectivity index is 2.30. The summed E-state index contributed by atoms with van der Waals surface area (Å²) in [6, 6.07) is -0.0969. The number of carbonyl (C=O) groups is 1. The minimum Gasteiger partial charge on any atom is -0.334 e. The van der Waals surface area contributed by atoms with Gasteiger partial charge in [0.1, 0.15) is 5.82 Å². The molecule has 1 fully saturated rings. The molecule has 0 radical (unpaired) electrons. The number of amides is 1. The lowest BCUT2D eigenvalue weighted by molar-refractivity contribution is -0.129. The number of nitrogens with zero attached hydrogens (tertiary/aromatic N) is 3. The molecule has 1 aliphatic heterocycles. The van der Waals surface area contributed by atoms with Gasteiger partial charge in [0.15, 0.2) is 0 Å². The van der Waals surface area contributed by atoms with Gasteiger partial charge in [-0.3, -0.25) is 4.79 Å². The number of hydrogen-bond donors (Lipinski definition) is 1. The standard InChI is InChI=1S/C14H22N4O3S/c1-4-22(20,21)16-9-12-8-15-10(2)17-14(12)13-6-5-7-18(13)11(3)19/h8,13,16H,4-7,9H2,1-3H3. The van der Waals surface area contributed by atoms with Gasteiger partial charge in [-0.1, -0.05) is 0 Å². The molecule has 0 aliphatic carbocycles. The van der Waals surface area contributed by atoms with Gasteiger partial charge in [-0.05, 0) is 26.7 Å². The van der Waals surface area contributed by atoms with Crippen LogP contribution in [0.25, 0.3) is 0 Å². The van der Waals surface area contributed by atoms with Crippen molar-refractivity contribution in [2.45, 2.75) is 46.2 Å². The molecule has 0 saturated carbocycles. The molecule has 1 aromatic heterocycles. The zero-order valence-corrected chi connectivity index (χ0v) is 14.0. The Morgan fingerprint density at radius 2 is 2.23 bits per heavy atom. The molecule has 8 heteroatoms. The Morgan fingerprint density at radius 1 is 1.50 bits per heavy atom. The van der Waals surface area contributed by atoms with Crippen molar-refractivity contribution in [2.24, 2.45) is 0 Å². The second-order valence-corrected chi connectivity index (χ2v) is 7.52. The highest BCUT2D eigenvalue weighted by Gasteiger charge is 2.31. The average molecular weight is 326 g/mol. The van der Waals surface area contributed by atoms with Gasteiger partial charge in [-0.25, -0.2) is 23.1 Å². The lowest BCUT2D eigenvalue weighted by Gasteiger charge is -2.24. The zero-order valence-electron chi connectivity index (χ0n) is 13.2. The van der Waals surface area contributed by atoms with Gasteiger partial charge in [-0.15, -0.1) is 0 Å². The lowest BCUT2D eigenvalue weighted by Crippen LogP contribution is -2.31. The molecule has 0 bridgehead atoms. The first kappa shape index (κ1) is 16.8. The molecule has 1 aliphatic rings. The monoisotopic (exact) mass is 326 g/mol. The first-order chi connectivity index (χ1) is 10.3. The summed E-state index contributed by atoms with van der Waals surface area (Å²) in [7, 11) is -3.28. The van der Waals surface area contributed by atoms with E-state index < -0.39 is 10.0 Å². The molecule has 2 heterocycles. The van der Waals surface area contributed by atoms with Crippen LogP contribution in [-0.2, 0) is 21.4 Å². The van der Waals surface area contributed by atoms with E-state index >= 15 is 0 Å². The molecule has 1 saturated heterocycles. The van der Waals surface area contributed by atoms with E-state index in [2.05, 4.69) is 14.7 Å². The SMILES string of the molecule is CCS(=O)(=O)NCc1cnc(C)nc1C1CCCN1C(C)=O. The van der Waals surface area contributed by atoms with E-state index in [-0.39, 0.29) is 24.2 Å². The Morgan fingerprint density at radius 3 is 2.86 bits per heavy atom. The fourth-order valence-electron chi connectivity index (χ4n) is 2.65. The first-order valence-corrected chi connectivity index (χ1v) is 9.06. The van der Waals surface area contributed by atoms with Crippen molar-refractivity contribution in [1.29, 1.82) is 0 Å². The average Bonchev–Trinajstić information content (AvgIpc) is 2.95. The quantitative estimate of drug-likeness (QED) is 0.868. The van der Waals surface area contributed by atoms with E-state index in [9.17, 15) is 13.2 Å². The summed E-state index contributed by atoms with van der Waals surface area (Å²) in [4.78, 5) is 22.2. The maximum atomic E-state index is 11.8. The smallest absolute Gasteiger partial charge is 0.220 e. The Bertz CT molecular complexity index is 660. The van der Waals surface area contributed by atoms with Gasteiger partial charge in [0.2, 0.25) is 15.9 Å². The predicted octanol–water partition coefficient (Wildman–Crippen LogP) is 0.908. The highest BCUT2D eigenvalue weighted by molar-refractivity contribution is 7.89. The highest BCUT2D eigenvalue weighted by atomic mass is 32.2. The molecule has 2 rings (SSSR count). The van der Waals surface area contributed by atoms with Crippen molar-refractivity contribution in [3.05, 3.63) is 23.3 Å². The molecule has 1 unspecified atom stereocenters. The predicted molar refractivity (Wildman–Crippen MR) is 82.4 cm³/mol. The van der Waals surface area contributed by atoms with Crippen molar-refractivity contribution in [2.75, 3.05) is 12.3 Å². The van der Waals surface area contributed by atoms with Crippen LogP contribution in [0.3, 0.4) is 0 Å². The van der Waals surface area contributed by atoms with Gasteiger partial charge < -0.3 is 4.90 Å². The molecule has 0 aromatic carbocycles. The van der Waals surface area contributed by atoms with E-state index in [0.717, 1.165) is 24.1 Å². The third kappa shape index (κ3) is 3.80. The fourth-order valence-corrected chi connectivity index (χ4v) is 3.23. The molecule has 1 amide bonds. The lowest BCUT2D eigenvalue weighted by atomic mass is 10.1. The normalized spacial score (nSPS) is 18.7. The number of carbonyl (C=O) groups excluding carboxylic acids is 1. The number of sulfonamides is 1. The van der Waals surface area contributed by atoms with E-state index in [1.807, 2.05) is 0 Å². The van der Waals surface area contributed by atoms with Crippen LogP contribution in [0.5, 0.6) is 0 Å². The van der Waals surface area contributed by atoms with E-state index in [1.54, 1.807) is 31.9 Å². The molecule has 7 nitrogen and oxygen atoms in total. The van der Waals surface area contributed by atoms with Crippen LogP contribution < -0.4 is 4.72 Å². The number of hydrogen-bond acceptors (Lipinski definition) is 5. The van der Waals surface area contributed by atoms with Gasteiger partial charge in [-0.2, -0.15) is 0 Å². The van der Waals surface area contributed by atoms with Gasteiger partial charge in [0.25, 0.3) is 0 Å². The second kappa shape index (κ2) is 6.70. The number of aryl methyl sites for hydroxylation is 1. The largest absolute Gasteiger partial charge is 0.334 e. The summed E-state index contributed by atoms with van der Waals surface area (Å²) < 4.78 is 25.8. The highest BCUT2D eigenvalue weighted by Crippen LogP contribution is 2.32. The molecule has 22 heavy (non-hydrogen) atoms. The number of rotatable bonds is 5. The number of likely N-dealkylation sites (tertiary alicyclic amines) is 1. The van der Waals surface area contributed by atoms with Crippen LogP contribution >= 0.6 is 0 Å². The zero-order chi connectivity index (χ0) is 16.3. The maximum Gasteiger partial charge on any atom is 0.220 e. The summed E-state index contributed by atoms with van der Waals surface area (Å²) in [5, 5.41) is 0. The molecule has 122 valence electrons. The Labute approximate surface area is 131 Å². The van der Waals surface area contributed by atoms with Crippen molar-refractivity contribution in [3.63, 3.8) is 0 Å². The minimum absolute atomic E-state index is 0.0128. The fraction of sp³-hybridized carbons (Fsp3) is 0.643. The Kier molecular flexibility index (Phi) is 5.12. The number of aromatic nitrogens is 2. The third-order valence-electron chi connectivity index (χ3n) is 3.85. The van der Waals surface area contributed by atoms with Crippen LogP contribution in [0.1, 0.15) is 49.8 Å². The summed E-state index contributed by atoms with van der Waals surface area (Å²) in [6.07, 6.45) is 3.41. The van der Waals surface area contributed by atoms with Crippen molar-refractivity contribution in [3.8, 4) is 0 Å². The van der Waals surface area contributed by atoms with Crippen molar-refractivity contribution in [1.82, 2.24) is 19.6 Å². The Hall–Kier alpha value is -1.54. The third-order valence-corrected chi connectivity index (χ3v) is 5.20. The van der Waals surface area contributed by atoms with Crippen LogP contribution in [-0.4, -0.2) is 41.5 Å². The number of nitrogens with one attached hydrogen (secondary N) is 1. The van der Waals surface area contributed by atoms with E-state index in [1.165, 1.54) is 0 Å². The van der Waals surface area contributed by atoms with Crippen LogP contribution in [0.2, 0.25) is 0 Å². The molecule has 0 spiro atoms. The summed E-state index contributed by atoms with van der Waals surface area (Å²) in [6.45, 7) is 5.78. The molecule has 1 N–H and O–H groups in total. The van der Waals surface area contributed by atoms with Crippen molar-refractivity contribution < 1.29 is 13.2 Å². The molecule has 1 aromatic rings. The van der Waals surface area contributed by atoms with Crippen molar-refractivity contribution >= 4 is 15.9 Å². The molecular weight excluding hydrogens is 304 g/mol. The van der Waals surface area contributed by atoms with Crippen LogP contribution in [0, 0.1) is 6.92 Å². The minimum atomic E-state index is -3.28. The summed E-state index contributed by atoms with van der Waals surface area (Å²) in [5.74, 6) is 0.657. The molecular formula is C14H22N4O3S. The maximum absolute atomic E-state index is 11.8. The molecule has 1 atom stereocenters. The van der Waals surface area contributed by atoms with Crippen LogP contribution in [0.15, 0.2) is 6.20 Å². The van der Waals surface area contributed by atoms with E-state index in [0.29, 0.717) is 12.4 Å². The summed E-state index contributed by atoms with van der Waals surface area (Å²) in [5.41, 5.74) is 1.47. The second-order valence-electron chi connectivity index (χ2n) is 5.42. The summed E-state index contributed by atoms with van der Waals surface area (Å²) >= 11 is 0. The van der Waals surface area contributed by atoms with Gasteiger partial charge >= 0.3 is 0 Å². The van der Waals surface area contributed by atoms with Gasteiger partial charge in [0.05, 0.1) is 17.5 Å². The van der Waals surface area contributed by atoms with Gasteiger partial charge in [0, 0.05) is 31.8 Å². The first-order valence-electron chi connectivity index (χ1n) is 7.41. The van der Waals surface area contributed by atoms with E-state index in [4.69, 9.17) is 0 Å². The topological polar surface area (TPSA) is 92.3 Å². The van der Waals surface area contributed by atoms with Crippen LogP contribution in [0.4, 0.5) is 0 Å².